The summed E-state index contributed by atoms with van der Waals surface area (Å²) in [5, 5.41) is 14.3. The van der Waals surface area contributed by atoms with Gasteiger partial charge in [-0.25, -0.2) is 0 Å². The van der Waals surface area contributed by atoms with Crippen molar-refractivity contribution in [2.45, 2.75) is 18.2 Å². The summed E-state index contributed by atoms with van der Waals surface area (Å²) in [6.07, 6.45) is 1.71. The van der Waals surface area contributed by atoms with Gasteiger partial charge in [0.2, 0.25) is 0 Å². The Balaban J connectivity index is 1.87. The molecule has 2 heterocycles. The monoisotopic (exact) mass is 306 g/mol. The molecule has 2 aliphatic heterocycles. The highest BCUT2D eigenvalue weighted by Gasteiger charge is 2.46. The molecule has 0 aromatic heterocycles. The average Bonchev–Trinajstić information content (AvgIpc) is 3.01. The number of phenolic OH excluding ortho intramolecular Hbond substituents is 1. The highest BCUT2D eigenvalue weighted by atomic mass is 16.7. The highest BCUT2D eigenvalue weighted by Crippen LogP contribution is 2.45. The molecule has 0 radical (unpaired) electrons. The van der Waals surface area contributed by atoms with E-state index in [0.29, 0.717) is 0 Å². The van der Waals surface area contributed by atoms with E-state index in [1.807, 2.05) is 55.6 Å². The molecular formula is C19H18N2O2. The van der Waals surface area contributed by atoms with Crippen LogP contribution in [0, 0.1) is 0 Å². The van der Waals surface area contributed by atoms with Crippen LogP contribution >= 0.6 is 0 Å². The van der Waals surface area contributed by atoms with E-state index in [1.54, 1.807) is 6.07 Å². The first-order valence-corrected chi connectivity index (χ1v) is 7.67. The number of benzene rings is 2. The van der Waals surface area contributed by atoms with E-state index in [2.05, 4.69) is 16.6 Å². The van der Waals surface area contributed by atoms with Gasteiger partial charge in [-0.2, -0.15) is 0 Å². The Hall–Kier alpha value is -2.59. The summed E-state index contributed by atoms with van der Waals surface area (Å²) < 4.78 is 0. The molecular weight excluding hydrogens is 288 g/mol. The second-order valence-corrected chi connectivity index (χ2v) is 5.98. The van der Waals surface area contributed by atoms with Gasteiger partial charge in [-0.1, -0.05) is 47.6 Å². The molecule has 0 amide bonds. The summed E-state index contributed by atoms with van der Waals surface area (Å²) in [6.45, 7) is 3.94. The van der Waals surface area contributed by atoms with Crippen molar-refractivity contribution < 1.29 is 9.94 Å². The number of aromatic hydroxyl groups is 1. The van der Waals surface area contributed by atoms with Gasteiger partial charge in [0.1, 0.15) is 5.75 Å². The van der Waals surface area contributed by atoms with E-state index in [1.165, 1.54) is 0 Å². The number of rotatable bonds is 2. The van der Waals surface area contributed by atoms with Crippen molar-refractivity contribution in [3.8, 4) is 5.75 Å². The maximum atomic E-state index is 9.90. The van der Waals surface area contributed by atoms with E-state index in [4.69, 9.17) is 4.84 Å². The third-order valence-corrected chi connectivity index (χ3v) is 4.70. The summed E-state index contributed by atoms with van der Waals surface area (Å²) in [5.41, 5.74) is 4.18. The lowest BCUT2D eigenvalue weighted by molar-refractivity contribution is -0.0524. The highest BCUT2D eigenvalue weighted by molar-refractivity contribution is 6.06. The third-order valence-electron chi connectivity index (χ3n) is 4.70. The van der Waals surface area contributed by atoms with Crippen molar-refractivity contribution >= 4 is 5.71 Å². The Morgan fingerprint density at radius 3 is 2.70 bits per heavy atom. The summed E-state index contributed by atoms with van der Waals surface area (Å²) in [7, 11) is 2.00. The van der Waals surface area contributed by atoms with Gasteiger partial charge in [-0.05, 0) is 30.3 Å². The van der Waals surface area contributed by atoms with Gasteiger partial charge in [0, 0.05) is 5.56 Å². The lowest BCUT2D eigenvalue weighted by atomic mass is 9.80. The average molecular weight is 306 g/mol. The van der Waals surface area contributed by atoms with Crippen LogP contribution in [-0.2, 0) is 4.84 Å². The minimum atomic E-state index is -0.162. The second kappa shape index (κ2) is 5.25. The molecule has 0 fully saturated rings. The van der Waals surface area contributed by atoms with Crippen molar-refractivity contribution in [3.05, 3.63) is 77.9 Å². The van der Waals surface area contributed by atoms with E-state index in [9.17, 15) is 5.11 Å². The van der Waals surface area contributed by atoms with Crippen LogP contribution in [0.15, 0.2) is 66.3 Å². The van der Waals surface area contributed by atoms with Gasteiger partial charge in [0.15, 0.2) is 6.23 Å². The molecule has 4 heteroatoms. The molecule has 3 atom stereocenters. The first-order valence-electron chi connectivity index (χ1n) is 7.67. The van der Waals surface area contributed by atoms with Crippen LogP contribution in [0.2, 0.25) is 0 Å². The molecule has 0 aliphatic carbocycles. The van der Waals surface area contributed by atoms with Gasteiger partial charge in [-0.3, -0.25) is 4.90 Å². The Morgan fingerprint density at radius 2 is 1.96 bits per heavy atom. The first kappa shape index (κ1) is 14.0. The van der Waals surface area contributed by atoms with Crippen LogP contribution in [0.1, 0.15) is 28.7 Å². The molecule has 1 N–H and O–H groups in total. The van der Waals surface area contributed by atoms with Gasteiger partial charge < -0.3 is 9.94 Å². The van der Waals surface area contributed by atoms with E-state index in [0.717, 1.165) is 22.4 Å². The van der Waals surface area contributed by atoms with Gasteiger partial charge in [-0.15, -0.1) is 6.58 Å². The Bertz CT molecular complexity index is 785. The Labute approximate surface area is 135 Å². The van der Waals surface area contributed by atoms with Gasteiger partial charge >= 0.3 is 0 Å². The zero-order valence-corrected chi connectivity index (χ0v) is 12.9. The fraction of sp³-hybridized carbons (Fsp3) is 0.211. The van der Waals surface area contributed by atoms with Crippen LogP contribution in [0.25, 0.3) is 0 Å². The number of hydrogen-bond donors (Lipinski definition) is 1. The van der Waals surface area contributed by atoms with Crippen molar-refractivity contribution in [2.75, 3.05) is 7.05 Å². The maximum absolute atomic E-state index is 9.90. The normalized spacial score (nSPS) is 26.0. The number of hydrogen-bond acceptors (Lipinski definition) is 4. The van der Waals surface area contributed by atoms with Crippen molar-refractivity contribution in [1.82, 2.24) is 4.90 Å². The lowest BCUT2D eigenvalue weighted by Crippen LogP contribution is -2.44. The topological polar surface area (TPSA) is 45.1 Å². The molecule has 23 heavy (non-hydrogen) atoms. The quantitative estimate of drug-likeness (QED) is 0.865. The zero-order chi connectivity index (χ0) is 16.0. The second-order valence-electron chi connectivity index (χ2n) is 5.98. The number of oxime groups is 1. The largest absolute Gasteiger partial charge is 0.508 e. The molecule has 2 aromatic carbocycles. The lowest BCUT2D eigenvalue weighted by Gasteiger charge is -2.39. The van der Waals surface area contributed by atoms with Gasteiger partial charge in [0.05, 0.1) is 17.7 Å². The predicted octanol–water partition coefficient (Wildman–Crippen LogP) is 3.41. The standard InChI is InChI=1S/C19H18N2O2/c1-3-16-15-11-13(22)9-10-14(15)17-18(12-7-5-4-6-8-12)20-23-19(17)21(16)2/h3-11,16-17,19,22H,1H2,2H3/t16-,17+,19-/m1/s1. The number of fused-ring (bicyclic) bond motifs is 3. The molecule has 0 saturated heterocycles. The Morgan fingerprint density at radius 1 is 1.17 bits per heavy atom. The summed E-state index contributed by atoms with van der Waals surface area (Å²) in [5.74, 6) is 0.286. The van der Waals surface area contributed by atoms with Crippen LogP contribution in [0.3, 0.4) is 0 Å². The van der Waals surface area contributed by atoms with Crippen LogP contribution < -0.4 is 0 Å². The number of nitrogens with zero attached hydrogens (tertiary/aromatic N) is 2. The fourth-order valence-corrected chi connectivity index (χ4v) is 3.59. The summed E-state index contributed by atoms with van der Waals surface area (Å²) in [4.78, 5) is 7.87. The van der Waals surface area contributed by atoms with E-state index in [-0.39, 0.29) is 23.9 Å². The Kier molecular flexibility index (Phi) is 3.20. The summed E-state index contributed by atoms with van der Waals surface area (Å²) in [6, 6.07) is 15.6. The summed E-state index contributed by atoms with van der Waals surface area (Å²) >= 11 is 0. The predicted molar refractivity (Wildman–Crippen MR) is 89.4 cm³/mol. The van der Waals surface area contributed by atoms with Crippen molar-refractivity contribution in [3.63, 3.8) is 0 Å². The molecule has 0 bridgehead atoms. The van der Waals surface area contributed by atoms with Crippen LogP contribution in [0.5, 0.6) is 5.75 Å². The maximum Gasteiger partial charge on any atom is 0.194 e. The van der Waals surface area contributed by atoms with Crippen molar-refractivity contribution in [2.24, 2.45) is 5.16 Å². The van der Waals surface area contributed by atoms with Crippen LogP contribution in [0.4, 0.5) is 0 Å². The molecule has 2 aromatic rings. The van der Waals surface area contributed by atoms with Crippen molar-refractivity contribution in [1.29, 1.82) is 0 Å². The van der Waals surface area contributed by atoms with Crippen LogP contribution in [-0.4, -0.2) is 29.0 Å². The minimum Gasteiger partial charge on any atom is -0.508 e. The van der Waals surface area contributed by atoms with E-state index >= 15 is 0 Å². The minimum absolute atomic E-state index is 0.0105. The fourth-order valence-electron chi connectivity index (χ4n) is 3.59. The number of likely N-dealkylation sites (N-methyl/N-ethyl adjacent to an activating group) is 1. The molecule has 116 valence electrons. The number of phenols is 1. The molecule has 0 saturated carbocycles. The molecule has 4 rings (SSSR count). The molecule has 2 aliphatic rings. The first-order chi connectivity index (χ1) is 11.2. The zero-order valence-electron chi connectivity index (χ0n) is 12.9. The SMILES string of the molecule is C=C[C@@H]1c2cc(O)ccc2[C@H]2C(c3ccccc3)=NO[C@H]2N1C. The smallest absolute Gasteiger partial charge is 0.194 e. The molecule has 0 unspecified atom stereocenters. The van der Waals surface area contributed by atoms with E-state index < -0.39 is 0 Å². The molecule has 4 nitrogen and oxygen atoms in total. The molecule has 0 spiro atoms. The third kappa shape index (κ3) is 2.06. The van der Waals surface area contributed by atoms with Gasteiger partial charge in [0.25, 0.3) is 0 Å².